The number of hydrogen-bond donors (Lipinski definition) is 0. The van der Waals surface area contributed by atoms with Crippen LogP contribution in [-0.4, -0.2) is 15.0 Å². The minimum atomic E-state index is 0.623. The van der Waals surface area contributed by atoms with Gasteiger partial charge in [-0.3, -0.25) is 0 Å². The molecule has 4 heteroatoms. The van der Waals surface area contributed by atoms with Crippen molar-refractivity contribution in [2.24, 2.45) is 0 Å². The van der Waals surface area contributed by atoms with Crippen LogP contribution in [0.25, 0.3) is 111 Å². The molecule has 0 unspecified atom stereocenters. The maximum absolute atomic E-state index is 6.87. The Morgan fingerprint density at radius 2 is 0.644 bits per heavy atom. The van der Waals surface area contributed by atoms with Crippen molar-refractivity contribution < 1.29 is 4.42 Å². The van der Waals surface area contributed by atoms with Gasteiger partial charge in [-0.15, -0.1) is 0 Å². The predicted molar refractivity (Wildman–Crippen MR) is 243 cm³/mol. The number of benzene rings is 9. The van der Waals surface area contributed by atoms with Crippen molar-refractivity contribution in [2.45, 2.75) is 0 Å². The Morgan fingerprint density at radius 1 is 0.237 bits per heavy atom. The van der Waals surface area contributed by atoms with Gasteiger partial charge in [0.25, 0.3) is 0 Å². The van der Waals surface area contributed by atoms with Crippen LogP contribution in [0.4, 0.5) is 0 Å². The van der Waals surface area contributed by atoms with Crippen LogP contribution in [0.1, 0.15) is 0 Å². The molecule has 0 saturated carbocycles. The van der Waals surface area contributed by atoms with E-state index in [1.54, 1.807) is 0 Å². The van der Waals surface area contributed by atoms with Gasteiger partial charge < -0.3 is 4.42 Å². The molecule has 0 N–H and O–H groups in total. The largest absolute Gasteiger partial charge is 0.455 e. The van der Waals surface area contributed by atoms with Crippen molar-refractivity contribution in [1.82, 2.24) is 15.0 Å². The monoisotopic (exact) mass is 753 g/mol. The molecule has 276 valence electrons. The van der Waals surface area contributed by atoms with E-state index >= 15 is 0 Å². The van der Waals surface area contributed by atoms with Crippen LogP contribution in [0.2, 0.25) is 0 Å². The first-order valence-electron chi connectivity index (χ1n) is 19.8. The van der Waals surface area contributed by atoms with E-state index in [0.717, 1.165) is 77.2 Å². The lowest BCUT2D eigenvalue weighted by molar-refractivity contribution is 0.674. The van der Waals surface area contributed by atoms with Crippen molar-refractivity contribution in [2.75, 3.05) is 0 Å². The highest BCUT2D eigenvalue weighted by molar-refractivity contribution is 6.20. The fraction of sp³-hybridized carbons (Fsp3) is 0. The molecule has 0 fully saturated rings. The van der Waals surface area contributed by atoms with Crippen molar-refractivity contribution in [1.29, 1.82) is 0 Å². The summed E-state index contributed by atoms with van der Waals surface area (Å²) < 4.78 is 6.87. The molecule has 0 saturated heterocycles. The van der Waals surface area contributed by atoms with Crippen LogP contribution in [0.15, 0.2) is 217 Å². The minimum Gasteiger partial charge on any atom is -0.455 e. The van der Waals surface area contributed by atoms with Gasteiger partial charge in [-0.05, 0) is 56.5 Å². The number of furan rings is 1. The van der Waals surface area contributed by atoms with E-state index in [-0.39, 0.29) is 0 Å². The Bertz CT molecular complexity index is 3280. The van der Waals surface area contributed by atoms with Gasteiger partial charge in [0.1, 0.15) is 11.2 Å². The van der Waals surface area contributed by atoms with E-state index in [1.807, 2.05) is 36.4 Å². The number of nitrogens with zero attached hydrogens (tertiary/aromatic N) is 3. The van der Waals surface area contributed by atoms with E-state index in [4.69, 9.17) is 19.4 Å². The van der Waals surface area contributed by atoms with Gasteiger partial charge >= 0.3 is 0 Å². The van der Waals surface area contributed by atoms with Gasteiger partial charge in [0.15, 0.2) is 17.5 Å². The summed E-state index contributed by atoms with van der Waals surface area (Å²) >= 11 is 0. The highest BCUT2D eigenvalue weighted by Crippen LogP contribution is 2.43. The highest BCUT2D eigenvalue weighted by atomic mass is 16.3. The van der Waals surface area contributed by atoms with Gasteiger partial charge in [-0.25, -0.2) is 15.0 Å². The number of aromatic nitrogens is 3. The SMILES string of the molecule is c1ccc(-c2ccc(-c3nc(-c4ccccc4)nc(-c4ccc(-c5cc6c7cccc(-c8cccc(-c9ccccc9)c8)c7oc6c6ccccc56)cc4)n3)cc2)cc1. The molecule has 11 aromatic rings. The van der Waals surface area contributed by atoms with Crippen LogP contribution < -0.4 is 0 Å². The van der Waals surface area contributed by atoms with Gasteiger partial charge in [-0.2, -0.15) is 0 Å². The van der Waals surface area contributed by atoms with Crippen LogP contribution in [-0.2, 0) is 0 Å². The van der Waals surface area contributed by atoms with Crippen LogP contribution in [0, 0.1) is 0 Å². The lowest BCUT2D eigenvalue weighted by Gasteiger charge is -2.11. The fourth-order valence-corrected chi connectivity index (χ4v) is 8.17. The maximum Gasteiger partial charge on any atom is 0.164 e. The summed E-state index contributed by atoms with van der Waals surface area (Å²) in [6.45, 7) is 0. The predicted octanol–water partition coefficient (Wildman–Crippen LogP) is 14.6. The molecule has 0 atom stereocenters. The second kappa shape index (κ2) is 14.5. The van der Waals surface area contributed by atoms with Crippen molar-refractivity contribution in [3.8, 4) is 78.7 Å². The minimum absolute atomic E-state index is 0.623. The smallest absolute Gasteiger partial charge is 0.164 e. The number of para-hydroxylation sites is 1. The summed E-state index contributed by atoms with van der Waals surface area (Å²) in [4.78, 5) is 15.0. The third-order valence-electron chi connectivity index (χ3n) is 11.2. The van der Waals surface area contributed by atoms with E-state index < -0.39 is 0 Å². The number of hydrogen-bond acceptors (Lipinski definition) is 4. The van der Waals surface area contributed by atoms with Gasteiger partial charge in [0.2, 0.25) is 0 Å². The van der Waals surface area contributed by atoms with E-state index in [0.29, 0.717) is 17.5 Å². The third kappa shape index (κ3) is 6.34. The van der Waals surface area contributed by atoms with E-state index in [1.165, 1.54) is 16.7 Å². The lowest BCUT2D eigenvalue weighted by atomic mass is 9.94. The van der Waals surface area contributed by atoms with Crippen molar-refractivity contribution in [3.63, 3.8) is 0 Å². The quantitative estimate of drug-likeness (QED) is 0.163. The van der Waals surface area contributed by atoms with E-state index in [9.17, 15) is 0 Å². The first-order valence-corrected chi connectivity index (χ1v) is 19.8. The van der Waals surface area contributed by atoms with Crippen molar-refractivity contribution >= 4 is 32.7 Å². The molecule has 0 bridgehead atoms. The Balaban J connectivity index is 0.999. The zero-order valence-corrected chi connectivity index (χ0v) is 32.0. The second-order valence-electron chi connectivity index (χ2n) is 14.8. The topological polar surface area (TPSA) is 51.8 Å². The van der Waals surface area contributed by atoms with Crippen LogP contribution in [0.5, 0.6) is 0 Å². The summed E-state index contributed by atoms with van der Waals surface area (Å²) in [6, 6.07) is 74.0. The molecule has 4 nitrogen and oxygen atoms in total. The van der Waals surface area contributed by atoms with Crippen LogP contribution in [0.3, 0.4) is 0 Å². The molecule has 2 aromatic heterocycles. The molecule has 59 heavy (non-hydrogen) atoms. The Morgan fingerprint density at radius 3 is 1.27 bits per heavy atom. The number of rotatable bonds is 7. The fourth-order valence-electron chi connectivity index (χ4n) is 8.17. The first kappa shape index (κ1) is 34.3. The highest BCUT2D eigenvalue weighted by Gasteiger charge is 2.19. The van der Waals surface area contributed by atoms with Gasteiger partial charge in [0, 0.05) is 38.4 Å². The molecule has 0 aliphatic rings. The summed E-state index contributed by atoms with van der Waals surface area (Å²) in [5.41, 5.74) is 13.7. The van der Waals surface area contributed by atoms with Gasteiger partial charge in [0.05, 0.1) is 0 Å². The summed E-state index contributed by atoms with van der Waals surface area (Å²) in [5.74, 6) is 1.89. The average molecular weight is 754 g/mol. The Hall–Kier alpha value is -7.95. The first-order chi connectivity index (χ1) is 29.2. The van der Waals surface area contributed by atoms with Gasteiger partial charge in [-0.1, -0.05) is 200 Å². The average Bonchev–Trinajstić information content (AvgIpc) is 3.71. The summed E-state index contributed by atoms with van der Waals surface area (Å²) in [7, 11) is 0. The molecule has 0 aliphatic heterocycles. The zero-order chi connectivity index (χ0) is 39.1. The van der Waals surface area contributed by atoms with Crippen LogP contribution >= 0.6 is 0 Å². The maximum atomic E-state index is 6.87. The second-order valence-corrected chi connectivity index (χ2v) is 14.8. The summed E-state index contributed by atoms with van der Waals surface area (Å²) in [5, 5.41) is 4.39. The molecule has 0 spiro atoms. The molecular weight excluding hydrogens is 719 g/mol. The van der Waals surface area contributed by atoms with E-state index in [2.05, 4.69) is 176 Å². The molecule has 2 heterocycles. The zero-order valence-electron chi connectivity index (χ0n) is 32.0. The molecular formula is C55H35N3O. The molecule has 0 radical (unpaired) electrons. The molecule has 0 amide bonds. The third-order valence-corrected chi connectivity index (χ3v) is 11.2. The standard InChI is InChI=1S/C55H35N3O/c1-4-14-36(15-5-1)38-26-30-41(31-27-38)54-56-53(40-18-8-3-9-19-40)57-55(58-54)42-32-28-39(29-33-42)49-35-50-48-25-13-24-45(51(48)59-52(50)47-23-11-10-22-46(47)49)44-21-12-20-43(34-44)37-16-6-2-7-17-37/h1-35H. The molecule has 0 aliphatic carbocycles. The Kier molecular flexibility index (Phi) is 8.45. The molecule has 9 aromatic carbocycles. The number of fused-ring (bicyclic) bond motifs is 5. The lowest BCUT2D eigenvalue weighted by Crippen LogP contribution is -2.00. The summed E-state index contributed by atoms with van der Waals surface area (Å²) in [6.07, 6.45) is 0. The Labute approximate surface area is 341 Å². The van der Waals surface area contributed by atoms with Crippen molar-refractivity contribution in [3.05, 3.63) is 212 Å². The molecule has 11 rings (SSSR count). The normalized spacial score (nSPS) is 11.4.